The fourth-order valence-electron chi connectivity index (χ4n) is 2.89. The second-order valence-corrected chi connectivity index (χ2v) is 6.12. The van der Waals surface area contributed by atoms with Gasteiger partial charge in [0.2, 0.25) is 0 Å². The molecule has 2 heterocycles. The van der Waals surface area contributed by atoms with Crippen LogP contribution in [0.1, 0.15) is 24.0 Å². The van der Waals surface area contributed by atoms with E-state index in [9.17, 15) is 9.18 Å². The topological polar surface area (TPSA) is 54.5 Å². The molecule has 0 aliphatic carbocycles. The van der Waals surface area contributed by atoms with Crippen LogP contribution in [0.2, 0.25) is 0 Å². The number of hydrogen-bond donors (Lipinski definition) is 1. The van der Waals surface area contributed by atoms with E-state index in [1.54, 1.807) is 35.5 Å². The van der Waals surface area contributed by atoms with E-state index in [-0.39, 0.29) is 24.5 Å². The molecule has 1 atom stereocenters. The first-order valence-electron chi connectivity index (χ1n) is 8.49. The van der Waals surface area contributed by atoms with Crippen molar-refractivity contribution in [2.24, 2.45) is 0 Å². The first kappa shape index (κ1) is 17.4. The summed E-state index contributed by atoms with van der Waals surface area (Å²) in [5.74, 6) is -0.317. The summed E-state index contributed by atoms with van der Waals surface area (Å²) in [7, 11) is 0. The summed E-state index contributed by atoms with van der Waals surface area (Å²) in [5.41, 5.74) is 1.46. The molecule has 3 rings (SSSR count). The highest BCUT2D eigenvalue weighted by atomic mass is 19.1. The number of carbonyl (C=O) groups is 1. The van der Waals surface area contributed by atoms with Gasteiger partial charge in [0.1, 0.15) is 5.82 Å². The first-order chi connectivity index (χ1) is 12.2. The molecule has 132 valence electrons. The number of hydrogen-bond acceptors (Lipinski definition) is 3. The number of benzene rings is 1. The van der Waals surface area contributed by atoms with Crippen LogP contribution in [0.3, 0.4) is 0 Å². The maximum atomic E-state index is 13.7. The Balaban J connectivity index is 1.64. The minimum absolute atomic E-state index is 0.0565. The first-order valence-corrected chi connectivity index (χ1v) is 8.49. The van der Waals surface area contributed by atoms with Crippen molar-refractivity contribution in [1.82, 2.24) is 15.2 Å². The number of aromatic nitrogens is 1. The van der Waals surface area contributed by atoms with Crippen molar-refractivity contribution < 1.29 is 13.9 Å². The molecular formula is C19H22FN3O2. The number of nitrogens with one attached hydrogen (secondary N) is 1. The lowest BCUT2D eigenvalue weighted by molar-refractivity contribution is 0.0794. The van der Waals surface area contributed by atoms with Crippen molar-refractivity contribution in [2.75, 3.05) is 13.2 Å². The highest BCUT2D eigenvalue weighted by Gasteiger charge is 2.22. The summed E-state index contributed by atoms with van der Waals surface area (Å²) in [6.07, 6.45) is 5.44. The van der Waals surface area contributed by atoms with Gasteiger partial charge in [-0.05, 0) is 36.6 Å². The lowest BCUT2D eigenvalue weighted by Gasteiger charge is -2.26. The highest BCUT2D eigenvalue weighted by molar-refractivity contribution is 5.74. The Kier molecular flexibility index (Phi) is 5.95. The van der Waals surface area contributed by atoms with Gasteiger partial charge < -0.3 is 15.0 Å². The highest BCUT2D eigenvalue weighted by Crippen LogP contribution is 2.15. The van der Waals surface area contributed by atoms with Gasteiger partial charge in [0, 0.05) is 44.2 Å². The van der Waals surface area contributed by atoms with E-state index < -0.39 is 0 Å². The molecule has 1 aromatic heterocycles. The zero-order chi connectivity index (χ0) is 17.5. The monoisotopic (exact) mass is 343 g/mol. The third-order valence-corrected chi connectivity index (χ3v) is 4.25. The maximum Gasteiger partial charge on any atom is 0.318 e. The van der Waals surface area contributed by atoms with Crippen LogP contribution in [0.25, 0.3) is 0 Å². The van der Waals surface area contributed by atoms with Gasteiger partial charge in [0.25, 0.3) is 0 Å². The molecule has 0 unspecified atom stereocenters. The number of carbonyl (C=O) groups excluding carboxylic acids is 1. The molecule has 25 heavy (non-hydrogen) atoms. The summed E-state index contributed by atoms with van der Waals surface area (Å²) in [4.78, 5) is 18.4. The molecule has 1 N–H and O–H groups in total. The zero-order valence-corrected chi connectivity index (χ0v) is 14.0. The van der Waals surface area contributed by atoms with Gasteiger partial charge in [-0.25, -0.2) is 9.18 Å². The Morgan fingerprint density at radius 3 is 2.80 bits per heavy atom. The van der Waals surface area contributed by atoms with E-state index in [1.807, 2.05) is 12.1 Å². The van der Waals surface area contributed by atoms with Crippen molar-refractivity contribution in [3.63, 3.8) is 0 Å². The number of amides is 2. The molecule has 0 bridgehead atoms. The van der Waals surface area contributed by atoms with Crippen molar-refractivity contribution in [1.29, 1.82) is 0 Å². The molecule has 1 saturated heterocycles. The Morgan fingerprint density at radius 1 is 1.28 bits per heavy atom. The molecule has 2 amide bonds. The average molecular weight is 343 g/mol. The van der Waals surface area contributed by atoms with Gasteiger partial charge in [-0.1, -0.05) is 18.2 Å². The van der Waals surface area contributed by atoms with Crippen LogP contribution in [0, 0.1) is 5.82 Å². The molecule has 0 saturated carbocycles. The Labute approximate surface area is 146 Å². The smallest absolute Gasteiger partial charge is 0.318 e. The Bertz CT molecular complexity index is 690. The summed E-state index contributed by atoms with van der Waals surface area (Å²) in [5, 5.41) is 2.81. The van der Waals surface area contributed by atoms with Gasteiger partial charge in [-0.15, -0.1) is 0 Å². The minimum atomic E-state index is -0.317. The number of rotatable bonds is 6. The quantitative estimate of drug-likeness (QED) is 0.877. The molecule has 2 aromatic rings. The van der Waals surface area contributed by atoms with Crippen LogP contribution in [0.4, 0.5) is 9.18 Å². The van der Waals surface area contributed by atoms with Crippen molar-refractivity contribution in [3.05, 3.63) is 65.7 Å². The van der Waals surface area contributed by atoms with Gasteiger partial charge >= 0.3 is 6.03 Å². The van der Waals surface area contributed by atoms with Crippen LogP contribution < -0.4 is 5.32 Å². The molecule has 1 aliphatic rings. The fraction of sp³-hybridized carbons (Fsp3) is 0.368. The van der Waals surface area contributed by atoms with E-state index in [0.717, 1.165) is 25.0 Å². The number of pyridine rings is 1. The van der Waals surface area contributed by atoms with Crippen molar-refractivity contribution in [3.8, 4) is 0 Å². The van der Waals surface area contributed by atoms with Crippen LogP contribution in [0.5, 0.6) is 0 Å². The van der Waals surface area contributed by atoms with Gasteiger partial charge in [0.15, 0.2) is 0 Å². The lowest BCUT2D eigenvalue weighted by Crippen LogP contribution is -2.43. The predicted octanol–water partition coefficient (Wildman–Crippen LogP) is 3.11. The third kappa shape index (κ3) is 5.00. The standard InChI is InChI=1S/C19H22FN3O2/c20-18-6-2-1-4-16(18)12-22-19(24)23(14-17-5-3-11-25-17)13-15-7-9-21-10-8-15/h1-2,4,6-10,17H,3,5,11-14H2,(H,22,24)/t17-/m0/s1. The van der Waals surface area contributed by atoms with E-state index in [4.69, 9.17) is 4.74 Å². The molecule has 6 heteroatoms. The average Bonchev–Trinajstić information content (AvgIpc) is 3.14. The molecule has 5 nitrogen and oxygen atoms in total. The Hall–Kier alpha value is -2.47. The number of halogens is 1. The SMILES string of the molecule is O=C(NCc1ccccc1F)N(Cc1ccncc1)C[C@@H]1CCCO1. The molecule has 0 spiro atoms. The van der Waals surface area contributed by atoms with E-state index in [1.165, 1.54) is 6.07 Å². The van der Waals surface area contributed by atoms with E-state index in [0.29, 0.717) is 18.7 Å². The number of nitrogens with zero attached hydrogens (tertiary/aromatic N) is 2. The fourth-order valence-corrected chi connectivity index (χ4v) is 2.89. The Morgan fingerprint density at radius 2 is 2.08 bits per heavy atom. The predicted molar refractivity (Wildman–Crippen MR) is 92.3 cm³/mol. The lowest BCUT2D eigenvalue weighted by atomic mass is 10.2. The van der Waals surface area contributed by atoms with E-state index in [2.05, 4.69) is 10.3 Å². The molecule has 0 radical (unpaired) electrons. The minimum Gasteiger partial charge on any atom is -0.376 e. The summed E-state index contributed by atoms with van der Waals surface area (Å²) in [6, 6.07) is 9.99. The van der Waals surface area contributed by atoms with E-state index >= 15 is 0 Å². The second-order valence-electron chi connectivity index (χ2n) is 6.12. The summed E-state index contributed by atoms with van der Waals surface area (Å²) >= 11 is 0. The molecular weight excluding hydrogens is 321 g/mol. The van der Waals surface area contributed by atoms with Gasteiger partial charge in [-0.3, -0.25) is 4.98 Å². The van der Waals surface area contributed by atoms with Gasteiger partial charge in [0.05, 0.1) is 6.10 Å². The van der Waals surface area contributed by atoms with Crippen LogP contribution in [-0.4, -0.2) is 35.2 Å². The summed E-state index contributed by atoms with van der Waals surface area (Å²) in [6.45, 7) is 1.88. The largest absolute Gasteiger partial charge is 0.376 e. The van der Waals surface area contributed by atoms with Crippen molar-refractivity contribution >= 4 is 6.03 Å². The second kappa shape index (κ2) is 8.58. The van der Waals surface area contributed by atoms with Crippen LogP contribution in [0.15, 0.2) is 48.8 Å². The van der Waals surface area contributed by atoms with Crippen LogP contribution in [-0.2, 0) is 17.8 Å². The molecule has 1 aliphatic heterocycles. The third-order valence-electron chi connectivity index (χ3n) is 4.25. The van der Waals surface area contributed by atoms with Crippen LogP contribution >= 0.6 is 0 Å². The molecule has 1 fully saturated rings. The normalized spacial score (nSPS) is 16.6. The number of ether oxygens (including phenoxy) is 1. The van der Waals surface area contributed by atoms with Crippen molar-refractivity contribution in [2.45, 2.75) is 32.0 Å². The maximum absolute atomic E-state index is 13.7. The zero-order valence-electron chi connectivity index (χ0n) is 14.0. The van der Waals surface area contributed by atoms with Gasteiger partial charge in [-0.2, -0.15) is 0 Å². The number of urea groups is 1. The summed E-state index contributed by atoms with van der Waals surface area (Å²) < 4.78 is 19.4. The molecule has 1 aromatic carbocycles.